The summed E-state index contributed by atoms with van der Waals surface area (Å²) in [6.07, 6.45) is 5.90. The van der Waals surface area contributed by atoms with E-state index in [0.29, 0.717) is 5.41 Å². The van der Waals surface area contributed by atoms with Crippen molar-refractivity contribution in [3.63, 3.8) is 0 Å². The molecule has 1 aromatic rings. The summed E-state index contributed by atoms with van der Waals surface area (Å²) in [5.41, 5.74) is 7.34. The van der Waals surface area contributed by atoms with Crippen molar-refractivity contribution in [2.75, 3.05) is 14.2 Å². The molecular weight excluding hydrogens is 252 g/mol. The van der Waals surface area contributed by atoms with Crippen LogP contribution in [0.1, 0.15) is 51.3 Å². The summed E-state index contributed by atoms with van der Waals surface area (Å²) < 4.78 is 11.3. The summed E-state index contributed by atoms with van der Waals surface area (Å²) in [5, 5.41) is 0. The van der Waals surface area contributed by atoms with Gasteiger partial charge in [-0.1, -0.05) is 13.8 Å². The number of nitrogens with two attached hydrogens (primary N) is 1. The molecule has 0 saturated heterocycles. The van der Waals surface area contributed by atoms with Crippen LogP contribution >= 0.6 is 0 Å². The molecule has 112 valence electrons. The molecule has 1 atom stereocenters. The Morgan fingerprint density at radius 1 is 1.20 bits per heavy atom. The van der Waals surface area contributed by atoms with Crippen LogP contribution < -0.4 is 10.5 Å². The first-order chi connectivity index (χ1) is 9.44. The van der Waals surface area contributed by atoms with E-state index in [1.54, 1.807) is 20.4 Å². The summed E-state index contributed by atoms with van der Waals surface area (Å²) >= 11 is 0. The molecule has 0 aromatic carbocycles. The number of aromatic nitrogens is 1. The van der Waals surface area contributed by atoms with Gasteiger partial charge in [-0.2, -0.15) is 0 Å². The maximum absolute atomic E-state index is 6.51. The van der Waals surface area contributed by atoms with E-state index in [9.17, 15) is 0 Å². The summed E-state index contributed by atoms with van der Waals surface area (Å²) in [6, 6.07) is 3.50. The van der Waals surface area contributed by atoms with Gasteiger partial charge in [-0.05, 0) is 43.2 Å². The molecule has 0 amide bonds. The highest BCUT2D eigenvalue weighted by atomic mass is 16.5. The van der Waals surface area contributed by atoms with Crippen LogP contribution in [0.2, 0.25) is 0 Å². The lowest BCUT2D eigenvalue weighted by molar-refractivity contribution is -0.0805. The van der Waals surface area contributed by atoms with Crippen LogP contribution in [0.25, 0.3) is 0 Å². The van der Waals surface area contributed by atoms with Crippen LogP contribution in [0.4, 0.5) is 0 Å². The molecule has 1 aliphatic carbocycles. The van der Waals surface area contributed by atoms with Gasteiger partial charge in [0.25, 0.3) is 0 Å². The number of hydrogen-bond donors (Lipinski definition) is 1. The third-order valence-corrected chi connectivity index (χ3v) is 4.74. The molecule has 4 nitrogen and oxygen atoms in total. The lowest BCUT2D eigenvalue weighted by atomic mass is 9.68. The number of rotatable bonds is 4. The van der Waals surface area contributed by atoms with Crippen LogP contribution in [-0.4, -0.2) is 24.8 Å². The number of methoxy groups -OCH3 is 2. The van der Waals surface area contributed by atoms with Gasteiger partial charge < -0.3 is 15.2 Å². The first kappa shape index (κ1) is 15.3. The van der Waals surface area contributed by atoms with Gasteiger partial charge in [-0.25, -0.2) is 0 Å². The molecule has 0 spiro atoms. The van der Waals surface area contributed by atoms with Gasteiger partial charge >= 0.3 is 0 Å². The highest BCUT2D eigenvalue weighted by Gasteiger charge is 2.44. The monoisotopic (exact) mass is 278 g/mol. The van der Waals surface area contributed by atoms with Crippen LogP contribution in [0.15, 0.2) is 18.3 Å². The average Bonchev–Trinajstić information content (AvgIpc) is 2.47. The topological polar surface area (TPSA) is 57.4 Å². The van der Waals surface area contributed by atoms with Crippen molar-refractivity contribution in [2.45, 2.75) is 51.2 Å². The molecule has 0 bridgehead atoms. The van der Waals surface area contributed by atoms with Gasteiger partial charge in [0.15, 0.2) is 0 Å². The van der Waals surface area contributed by atoms with Crippen LogP contribution in [0.5, 0.6) is 5.75 Å². The zero-order chi connectivity index (χ0) is 14.8. The zero-order valence-electron chi connectivity index (χ0n) is 13.0. The van der Waals surface area contributed by atoms with Crippen LogP contribution in [0.3, 0.4) is 0 Å². The molecule has 1 aromatic heterocycles. The fraction of sp³-hybridized carbons (Fsp3) is 0.688. The first-order valence-corrected chi connectivity index (χ1v) is 7.24. The normalized spacial score (nSPS) is 22.2. The smallest absolute Gasteiger partial charge is 0.142 e. The number of nitrogens with zero attached hydrogens (tertiary/aromatic N) is 1. The highest BCUT2D eigenvalue weighted by Crippen LogP contribution is 2.47. The summed E-state index contributed by atoms with van der Waals surface area (Å²) in [7, 11) is 3.41. The van der Waals surface area contributed by atoms with E-state index in [4.69, 9.17) is 15.2 Å². The lowest BCUT2D eigenvalue weighted by Gasteiger charge is -2.45. The zero-order valence-corrected chi connectivity index (χ0v) is 13.0. The van der Waals surface area contributed by atoms with E-state index in [1.807, 2.05) is 12.1 Å². The second kappa shape index (κ2) is 5.70. The van der Waals surface area contributed by atoms with Crippen molar-refractivity contribution in [1.82, 2.24) is 4.98 Å². The van der Waals surface area contributed by atoms with Gasteiger partial charge in [0, 0.05) is 13.3 Å². The van der Waals surface area contributed by atoms with E-state index in [2.05, 4.69) is 18.8 Å². The van der Waals surface area contributed by atoms with E-state index >= 15 is 0 Å². The average molecular weight is 278 g/mol. The Morgan fingerprint density at radius 2 is 1.85 bits per heavy atom. The predicted octanol–water partition coefficient (Wildman–Crippen LogP) is 3.08. The van der Waals surface area contributed by atoms with Gasteiger partial charge in [-0.15, -0.1) is 0 Å². The molecule has 1 unspecified atom stereocenters. The Morgan fingerprint density at radius 3 is 2.40 bits per heavy atom. The molecule has 0 aliphatic heterocycles. The lowest BCUT2D eigenvalue weighted by Crippen LogP contribution is -2.47. The fourth-order valence-corrected chi connectivity index (χ4v) is 3.05. The van der Waals surface area contributed by atoms with Crippen molar-refractivity contribution in [1.29, 1.82) is 0 Å². The first-order valence-electron chi connectivity index (χ1n) is 7.24. The van der Waals surface area contributed by atoms with Crippen molar-refractivity contribution in [3.8, 4) is 5.75 Å². The Balaban J connectivity index is 2.27. The standard InChI is InChI=1S/C16H26N2O2/c1-15(2)7-9-16(20-4,10-8-15)14(17)13-12(19-3)6-5-11-18-13/h5-6,11,14H,7-10,17H2,1-4H3. The third kappa shape index (κ3) is 2.81. The second-order valence-electron chi connectivity index (χ2n) is 6.50. The van der Waals surface area contributed by atoms with E-state index in [1.165, 1.54) is 0 Å². The van der Waals surface area contributed by atoms with Crippen LogP contribution in [0, 0.1) is 5.41 Å². The van der Waals surface area contributed by atoms with Crippen molar-refractivity contribution < 1.29 is 9.47 Å². The summed E-state index contributed by atoms with van der Waals surface area (Å²) in [6.45, 7) is 4.61. The van der Waals surface area contributed by atoms with E-state index in [0.717, 1.165) is 37.1 Å². The van der Waals surface area contributed by atoms with E-state index < -0.39 is 0 Å². The third-order valence-electron chi connectivity index (χ3n) is 4.74. The minimum absolute atomic E-state index is 0.264. The molecule has 0 radical (unpaired) electrons. The molecular formula is C16H26N2O2. The molecule has 20 heavy (non-hydrogen) atoms. The summed E-state index contributed by atoms with van der Waals surface area (Å²) in [5.74, 6) is 0.737. The van der Waals surface area contributed by atoms with Gasteiger partial charge in [0.1, 0.15) is 11.4 Å². The Labute approximate surface area is 121 Å². The minimum Gasteiger partial charge on any atom is -0.495 e. The maximum atomic E-state index is 6.51. The van der Waals surface area contributed by atoms with Crippen molar-refractivity contribution in [2.24, 2.45) is 11.1 Å². The molecule has 2 N–H and O–H groups in total. The molecule has 4 heteroatoms. The number of ether oxygens (including phenoxy) is 2. The maximum Gasteiger partial charge on any atom is 0.142 e. The highest BCUT2D eigenvalue weighted by molar-refractivity contribution is 5.31. The van der Waals surface area contributed by atoms with E-state index in [-0.39, 0.29) is 11.6 Å². The number of hydrogen-bond acceptors (Lipinski definition) is 4. The minimum atomic E-state index is -0.336. The molecule has 1 aliphatic rings. The molecule has 2 rings (SSSR count). The number of pyridine rings is 1. The largest absolute Gasteiger partial charge is 0.495 e. The Kier molecular flexibility index (Phi) is 4.35. The molecule has 1 heterocycles. The Bertz CT molecular complexity index is 450. The van der Waals surface area contributed by atoms with Gasteiger partial charge in [0.2, 0.25) is 0 Å². The van der Waals surface area contributed by atoms with Crippen molar-refractivity contribution >= 4 is 0 Å². The summed E-state index contributed by atoms with van der Waals surface area (Å²) in [4.78, 5) is 4.42. The molecule has 1 saturated carbocycles. The van der Waals surface area contributed by atoms with Gasteiger partial charge in [0.05, 0.1) is 18.8 Å². The van der Waals surface area contributed by atoms with Gasteiger partial charge in [-0.3, -0.25) is 4.98 Å². The van der Waals surface area contributed by atoms with Crippen molar-refractivity contribution in [3.05, 3.63) is 24.0 Å². The Hall–Kier alpha value is -1.13. The fourth-order valence-electron chi connectivity index (χ4n) is 3.05. The second-order valence-corrected chi connectivity index (χ2v) is 6.50. The predicted molar refractivity (Wildman–Crippen MR) is 79.7 cm³/mol. The van der Waals surface area contributed by atoms with Crippen LogP contribution in [-0.2, 0) is 4.74 Å². The SMILES string of the molecule is COc1cccnc1C(N)C1(OC)CCC(C)(C)CC1. The quantitative estimate of drug-likeness (QED) is 0.919. The molecule has 1 fully saturated rings.